The second-order valence-electron chi connectivity index (χ2n) is 17.8. The minimum Gasteiger partial charge on any atom is -0.389 e. The molecule has 3 fully saturated rings. The van der Waals surface area contributed by atoms with Crippen LogP contribution in [0, 0.1) is 5.82 Å². The Morgan fingerprint density at radius 1 is 0.868 bits per heavy atom. The number of aromatic nitrogens is 3. The number of anilines is 4. The summed E-state index contributed by atoms with van der Waals surface area (Å²) < 4.78 is 61.0. The number of fused-ring (bicyclic) bond motifs is 2. The average molecular weight is 955 g/mol. The summed E-state index contributed by atoms with van der Waals surface area (Å²) >= 11 is 1.25. The van der Waals surface area contributed by atoms with Gasteiger partial charge in [-0.1, -0.05) is 12.1 Å². The van der Waals surface area contributed by atoms with E-state index in [9.17, 15) is 42.3 Å². The Labute approximate surface area is 391 Å². The first kappa shape index (κ1) is 44.9. The van der Waals surface area contributed by atoms with Gasteiger partial charge in [-0.3, -0.25) is 34.7 Å². The first-order chi connectivity index (χ1) is 32.6. The minimum absolute atomic E-state index is 0.0111. The maximum absolute atomic E-state index is 16.0. The Hall–Kier alpha value is -6.87. The highest BCUT2D eigenvalue weighted by Gasteiger charge is 2.43. The molecule has 5 aliphatic heterocycles. The summed E-state index contributed by atoms with van der Waals surface area (Å²) in [5, 5.41) is 18.5. The number of piperidine rings is 1. The standard InChI is InChI=1S/C47H46F4N10O6S/c48-35-23-29(22-32-33(35)26-61(43(32)65)41(42(64)55-44-52-12-21-68-44)40-37-2-1-13-59(37)27-53-40)28-3-5-30(6-4-28)56-17-19-58(20-18-56)39(63)25-46(67)10-15-57(16-11-46)36-8-7-31(24-34(36)47(49,50)51)60-14-9-38(62)54-45(60)66/h3-8,12,21-24,27,41,67H,1-2,9-11,13-20,25-26H2,(H,52,55,64)(H,54,62,66). The van der Waals surface area contributed by atoms with Gasteiger partial charge < -0.3 is 29.3 Å². The van der Waals surface area contributed by atoms with Gasteiger partial charge in [0.1, 0.15) is 5.82 Å². The number of halogens is 4. The number of aryl methyl sites for hydroxylation is 1. The van der Waals surface area contributed by atoms with Crippen LogP contribution in [-0.4, -0.2) is 111 Å². The van der Waals surface area contributed by atoms with Crippen molar-refractivity contribution in [2.24, 2.45) is 0 Å². The fourth-order valence-electron chi connectivity index (χ4n) is 9.98. The molecule has 21 heteroatoms. The van der Waals surface area contributed by atoms with Crippen molar-refractivity contribution in [2.45, 2.75) is 69.4 Å². The molecular weight excluding hydrogens is 909 g/mol. The molecule has 0 aliphatic carbocycles. The van der Waals surface area contributed by atoms with E-state index < -0.39 is 53.0 Å². The Balaban J connectivity index is 0.753. The Morgan fingerprint density at radius 2 is 1.62 bits per heavy atom. The van der Waals surface area contributed by atoms with Crippen molar-refractivity contribution in [1.29, 1.82) is 0 Å². The number of urea groups is 1. The minimum atomic E-state index is -4.74. The number of hydrogen-bond donors (Lipinski definition) is 3. The molecule has 1 unspecified atom stereocenters. The summed E-state index contributed by atoms with van der Waals surface area (Å²) in [6, 6.07) is 12.2. The molecule has 0 spiro atoms. The number of thiazole rings is 1. The Kier molecular flexibility index (Phi) is 11.7. The summed E-state index contributed by atoms with van der Waals surface area (Å²) in [4.78, 5) is 81.9. The van der Waals surface area contributed by atoms with Crippen LogP contribution in [0.2, 0.25) is 0 Å². The third-order valence-corrected chi connectivity index (χ3v) is 14.3. The van der Waals surface area contributed by atoms with Crippen molar-refractivity contribution in [3.05, 3.63) is 106 Å². The van der Waals surface area contributed by atoms with Gasteiger partial charge in [0.25, 0.3) is 11.8 Å². The molecule has 68 heavy (non-hydrogen) atoms. The lowest BCUT2D eigenvalue weighted by atomic mass is 9.87. The number of piperazine rings is 1. The van der Waals surface area contributed by atoms with Crippen LogP contribution < -0.4 is 25.3 Å². The fraction of sp³-hybridized carbons (Fsp3) is 0.383. The molecule has 3 N–H and O–H groups in total. The molecule has 6 amide bonds. The summed E-state index contributed by atoms with van der Waals surface area (Å²) in [7, 11) is 0. The van der Waals surface area contributed by atoms with Gasteiger partial charge in [0, 0.05) is 104 Å². The van der Waals surface area contributed by atoms with E-state index in [0.29, 0.717) is 54.6 Å². The molecule has 0 radical (unpaired) electrons. The number of benzene rings is 3. The lowest BCUT2D eigenvalue weighted by Crippen LogP contribution is -2.52. The van der Waals surface area contributed by atoms with Gasteiger partial charge in [-0.25, -0.2) is 19.2 Å². The average Bonchev–Trinajstić information content (AvgIpc) is 4.15. The van der Waals surface area contributed by atoms with Crippen LogP contribution in [0.15, 0.2) is 72.5 Å². The highest BCUT2D eigenvalue weighted by molar-refractivity contribution is 7.13. The molecule has 16 nitrogen and oxygen atoms in total. The predicted octanol–water partition coefficient (Wildman–Crippen LogP) is 5.96. The molecule has 7 heterocycles. The van der Waals surface area contributed by atoms with Gasteiger partial charge in [-0.2, -0.15) is 13.2 Å². The van der Waals surface area contributed by atoms with Crippen LogP contribution in [-0.2, 0) is 40.1 Å². The lowest BCUT2D eigenvalue weighted by Gasteiger charge is -2.42. The second-order valence-corrected chi connectivity index (χ2v) is 18.7. The maximum Gasteiger partial charge on any atom is 0.418 e. The van der Waals surface area contributed by atoms with E-state index in [1.54, 1.807) is 28.9 Å². The number of amides is 6. The molecule has 2 aromatic heterocycles. The lowest BCUT2D eigenvalue weighted by molar-refractivity contribution is -0.137. The number of rotatable bonds is 10. The van der Waals surface area contributed by atoms with E-state index in [0.717, 1.165) is 35.3 Å². The summed E-state index contributed by atoms with van der Waals surface area (Å²) in [5.74, 6) is -2.26. The first-order valence-electron chi connectivity index (χ1n) is 22.4. The zero-order valence-corrected chi connectivity index (χ0v) is 37.4. The molecule has 10 rings (SSSR count). The molecular formula is C47H46F4N10O6S. The van der Waals surface area contributed by atoms with E-state index in [-0.39, 0.29) is 80.3 Å². The van der Waals surface area contributed by atoms with Gasteiger partial charge in [0.15, 0.2) is 11.2 Å². The van der Waals surface area contributed by atoms with Crippen molar-refractivity contribution in [3.63, 3.8) is 0 Å². The molecule has 1 atom stereocenters. The summed E-state index contributed by atoms with van der Waals surface area (Å²) in [6.45, 7) is 2.51. The summed E-state index contributed by atoms with van der Waals surface area (Å²) in [5.41, 5.74) is 1.34. The van der Waals surface area contributed by atoms with E-state index in [4.69, 9.17) is 0 Å². The van der Waals surface area contributed by atoms with E-state index in [1.807, 2.05) is 28.8 Å². The van der Waals surface area contributed by atoms with Gasteiger partial charge in [-0.05, 0) is 79.3 Å². The zero-order valence-electron chi connectivity index (χ0n) is 36.6. The molecule has 3 aromatic carbocycles. The van der Waals surface area contributed by atoms with E-state index in [2.05, 4.69) is 25.5 Å². The largest absolute Gasteiger partial charge is 0.418 e. The van der Waals surface area contributed by atoms with Crippen LogP contribution in [0.3, 0.4) is 0 Å². The normalized spacial score (nSPS) is 18.7. The zero-order chi connectivity index (χ0) is 47.5. The third kappa shape index (κ3) is 8.63. The van der Waals surface area contributed by atoms with Crippen molar-refractivity contribution >= 4 is 63.2 Å². The molecule has 5 aliphatic rings. The van der Waals surface area contributed by atoms with Crippen molar-refractivity contribution in [1.82, 2.24) is 29.7 Å². The Bertz CT molecular complexity index is 2800. The number of aliphatic hydroxyl groups is 1. The number of alkyl halides is 3. The second kappa shape index (κ2) is 17.7. The molecule has 3 saturated heterocycles. The topological polar surface area (TPSA) is 177 Å². The van der Waals surface area contributed by atoms with Gasteiger partial charge >= 0.3 is 12.2 Å². The highest BCUT2D eigenvalue weighted by Crippen LogP contribution is 2.42. The predicted molar refractivity (Wildman–Crippen MR) is 242 cm³/mol. The summed E-state index contributed by atoms with van der Waals surface area (Å²) in [6.07, 6.45) is 0.0207. The first-order valence-corrected chi connectivity index (χ1v) is 23.3. The Morgan fingerprint density at radius 3 is 2.32 bits per heavy atom. The van der Waals surface area contributed by atoms with Crippen molar-refractivity contribution in [2.75, 3.05) is 65.8 Å². The van der Waals surface area contributed by atoms with Gasteiger partial charge in [-0.15, -0.1) is 11.3 Å². The fourth-order valence-corrected chi connectivity index (χ4v) is 10.5. The van der Waals surface area contributed by atoms with E-state index in [1.165, 1.54) is 39.3 Å². The third-order valence-electron chi connectivity index (χ3n) is 13.7. The van der Waals surface area contributed by atoms with Gasteiger partial charge in [0.05, 0.1) is 36.2 Å². The number of carbonyl (C=O) groups is 5. The number of imide groups is 1. The number of imidazole rings is 1. The van der Waals surface area contributed by atoms with Crippen molar-refractivity contribution in [3.8, 4) is 11.1 Å². The van der Waals surface area contributed by atoms with Crippen LogP contribution in [0.4, 0.5) is 44.5 Å². The van der Waals surface area contributed by atoms with Crippen LogP contribution in [0.25, 0.3) is 11.1 Å². The smallest absolute Gasteiger partial charge is 0.389 e. The van der Waals surface area contributed by atoms with Crippen LogP contribution in [0.1, 0.15) is 71.0 Å². The maximum atomic E-state index is 16.0. The molecule has 354 valence electrons. The van der Waals surface area contributed by atoms with Crippen LogP contribution in [0.5, 0.6) is 0 Å². The number of carbonyl (C=O) groups excluding carboxylic acids is 5. The monoisotopic (exact) mass is 954 g/mol. The number of hydrogen-bond acceptors (Lipinski definition) is 11. The molecule has 5 aromatic rings. The quantitative estimate of drug-likeness (QED) is 0.142. The molecule has 0 saturated carbocycles. The van der Waals surface area contributed by atoms with Gasteiger partial charge in [0.2, 0.25) is 11.8 Å². The van der Waals surface area contributed by atoms with E-state index >= 15 is 4.39 Å². The highest BCUT2D eigenvalue weighted by atomic mass is 32.1. The SMILES string of the molecule is O=C1CCN(c2ccc(N3CCC(O)(CC(=O)N4CCN(c5ccc(-c6cc(F)c7c(c6)C(=O)N(C(C(=O)Nc6nccs6)c6ncn8c6CCC8)C7)cc5)CC4)CC3)c(C(F)(F)F)c2)C(=O)N1. The van der Waals surface area contributed by atoms with Crippen molar-refractivity contribution < 1.29 is 46.6 Å². The van der Waals surface area contributed by atoms with Crippen LogP contribution >= 0.6 is 11.3 Å². The number of nitrogens with zero attached hydrogens (tertiary/aromatic N) is 8. The molecule has 0 bridgehead atoms. The number of nitrogens with one attached hydrogen (secondary N) is 2.